The summed E-state index contributed by atoms with van der Waals surface area (Å²) < 4.78 is 8.05. The van der Waals surface area contributed by atoms with E-state index in [1.165, 1.54) is 11.1 Å². The van der Waals surface area contributed by atoms with Crippen molar-refractivity contribution in [3.63, 3.8) is 0 Å². The molecule has 1 saturated carbocycles. The normalized spacial score (nSPS) is 20.7. The van der Waals surface area contributed by atoms with Crippen LogP contribution in [0.5, 0.6) is 5.75 Å². The topological polar surface area (TPSA) is 60.3 Å². The Balaban J connectivity index is 1.42. The Morgan fingerprint density at radius 3 is 2.56 bits per heavy atom. The molecule has 4 heterocycles. The van der Waals surface area contributed by atoms with E-state index in [1.54, 1.807) is 22.4 Å². The molecule has 2 bridgehead atoms. The number of fused-ring (bicyclic) bond motifs is 4. The van der Waals surface area contributed by atoms with Crippen molar-refractivity contribution in [1.82, 2.24) is 4.57 Å². The van der Waals surface area contributed by atoms with Gasteiger partial charge in [-0.1, -0.05) is 24.3 Å². The van der Waals surface area contributed by atoms with Gasteiger partial charge in [-0.2, -0.15) is 0 Å². The van der Waals surface area contributed by atoms with Crippen molar-refractivity contribution < 1.29 is 9.53 Å². The Morgan fingerprint density at radius 1 is 1.06 bits per heavy atom. The van der Waals surface area contributed by atoms with Gasteiger partial charge in [-0.25, -0.2) is 0 Å². The summed E-state index contributed by atoms with van der Waals surface area (Å²) in [4.78, 5) is 26.4. The van der Waals surface area contributed by atoms with Crippen molar-refractivity contribution in [3.05, 3.63) is 86.7 Å². The van der Waals surface area contributed by atoms with Crippen LogP contribution in [0, 0.1) is 13.8 Å². The minimum Gasteiger partial charge on any atom is -0.481 e. The SMILES string of the molecule is Cc1c2ccc(c1C)C(c1cc(=O)n3c(c1C1CC1)SCC3C(=O)Nc1ccccc1)O2. The second-order valence-corrected chi connectivity index (χ2v) is 9.89. The van der Waals surface area contributed by atoms with Crippen molar-refractivity contribution in [2.24, 2.45) is 0 Å². The van der Waals surface area contributed by atoms with Crippen molar-refractivity contribution in [1.29, 1.82) is 0 Å². The summed E-state index contributed by atoms with van der Waals surface area (Å²) in [7, 11) is 0. The van der Waals surface area contributed by atoms with E-state index in [0.29, 0.717) is 11.7 Å². The molecular weight excluding hydrogens is 420 g/mol. The summed E-state index contributed by atoms with van der Waals surface area (Å²) in [5.41, 5.74) is 6.32. The number of benzene rings is 2. The standard InChI is InChI=1S/C26H24N2O3S/c1-14-15(2)21-11-10-18(14)24(31-21)19-12-22(29)28-20(13-32-26(28)23(19)16-8-9-16)25(30)27-17-6-4-3-5-7-17/h3-7,10-12,16,20,24H,8-9,13H2,1-2H3,(H,27,30). The van der Waals surface area contributed by atoms with Crippen LogP contribution in [0.15, 0.2) is 58.4 Å². The lowest BCUT2D eigenvalue weighted by molar-refractivity contribution is -0.118. The highest BCUT2D eigenvalue weighted by Gasteiger charge is 2.40. The van der Waals surface area contributed by atoms with Crippen LogP contribution >= 0.6 is 11.8 Å². The molecule has 5 nitrogen and oxygen atoms in total. The molecule has 32 heavy (non-hydrogen) atoms. The first-order chi connectivity index (χ1) is 15.5. The molecule has 3 aromatic rings. The predicted octanol–water partition coefficient (Wildman–Crippen LogP) is 5.11. The van der Waals surface area contributed by atoms with E-state index in [0.717, 1.165) is 46.0 Å². The molecule has 4 aliphatic rings. The molecule has 6 heteroatoms. The van der Waals surface area contributed by atoms with Gasteiger partial charge in [0.15, 0.2) is 0 Å². The third-order valence-corrected chi connectivity index (χ3v) is 8.06. The molecule has 1 aliphatic carbocycles. The first-order valence-electron chi connectivity index (χ1n) is 11.1. The Labute approximate surface area is 190 Å². The van der Waals surface area contributed by atoms with E-state index >= 15 is 0 Å². The lowest BCUT2D eigenvalue weighted by Gasteiger charge is -2.31. The smallest absolute Gasteiger partial charge is 0.252 e. The minimum atomic E-state index is -0.510. The number of para-hydroxylation sites is 1. The first kappa shape index (κ1) is 19.7. The van der Waals surface area contributed by atoms with Gasteiger partial charge in [0.05, 0.1) is 5.03 Å². The molecule has 162 valence electrons. The third kappa shape index (κ3) is 3.00. The number of ether oxygens (including phenoxy) is 1. The highest BCUT2D eigenvalue weighted by atomic mass is 32.2. The largest absolute Gasteiger partial charge is 0.481 e. The van der Waals surface area contributed by atoms with Gasteiger partial charge in [0, 0.05) is 28.6 Å². The van der Waals surface area contributed by atoms with E-state index in [9.17, 15) is 9.59 Å². The minimum absolute atomic E-state index is 0.129. The highest BCUT2D eigenvalue weighted by Crippen LogP contribution is 2.51. The van der Waals surface area contributed by atoms with Crippen molar-refractivity contribution in [2.45, 2.75) is 49.8 Å². The number of carbonyl (C=O) groups excluding carboxylic acids is 1. The van der Waals surface area contributed by atoms with Crippen molar-refractivity contribution in [2.75, 3.05) is 11.1 Å². The Bertz CT molecular complexity index is 1310. The molecule has 0 spiro atoms. The van der Waals surface area contributed by atoms with Gasteiger partial charge in [-0.15, -0.1) is 11.8 Å². The molecule has 0 radical (unpaired) electrons. The molecule has 2 aromatic carbocycles. The zero-order valence-electron chi connectivity index (χ0n) is 18.1. The number of nitrogens with one attached hydrogen (secondary N) is 1. The number of hydrogen-bond donors (Lipinski definition) is 1. The van der Waals surface area contributed by atoms with Gasteiger partial charge in [-0.05, 0) is 67.5 Å². The fourth-order valence-corrected chi connectivity index (χ4v) is 6.31. The van der Waals surface area contributed by atoms with Crippen LogP contribution in [-0.4, -0.2) is 16.2 Å². The van der Waals surface area contributed by atoms with E-state index in [2.05, 4.69) is 25.2 Å². The van der Waals surface area contributed by atoms with Crippen LogP contribution in [0.1, 0.15) is 58.7 Å². The van der Waals surface area contributed by atoms with E-state index < -0.39 is 6.04 Å². The van der Waals surface area contributed by atoms with E-state index in [4.69, 9.17) is 4.74 Å². The number of pyridine rings is 1. The van der Waals surface area contributed by atoms with Crippen molar-refractivity contribution >= 4 is 23.4 Å². The predicted molar refractivity (Wildman–Crippen MR) is 126 cm³/mol. The van der Waals surface area contributed by atoms with Gasteiger partial charge in [0.1, 0.15) is 17.9 Å². The van der Waals surface area contributed by atoms with Crippen LogP contribution < -0.4 is 15.6 Å². The number of rotatable bonds is 4. The second kappa shape index (κ2) is 7.27. The molecule has 1 amide bonds. The Morgan fingerprint density at radius 2 is 1.84 bits per heavy atom. The fourth-order valence-electron chi connectivity index (χ4n) is 4.90. The van der Waals surface area contributed by atoms with Crippen LogP contribution in [0.3, 0.4) is 0 Å². The summed E-state index contributed by atoms with van der Waals surface area (Å²) >= 11 is 1.62. The molecule has 3 aliphatic heterocycles. The molecule has 1 fully saturated rings. The molecular formula is C26H24N2O3S. The van der Waals surface area contributed by atoms with Gasteiger partial charge in [-0.3, -0.25) is 14.2 Å². The maximum Gasteiger partial charge on any atom is 0.252 e. The lowest BCUT2D eigenvalue weighted by Crippen LogP contribution is -2.33. The average Bonchev–Trinajstić information content (AvgIpc) is 3.54. The molecule has 2 atom stereocenters. The van der Waals surface area contributed by atoms with Crippen LogP contribution in [0.2, 0.25) is 0 Å². The summed E-state index contributed by atoms with van der Waals surface area (Å²) in [6.07, 6.45) is 1.98. The van der Waals surface area contributed by atoms with Gasteiger partial charge < -0.3 is 10.1 Å². The third-order valence-electron chi connectivity index (χ3n) is 6.88. The van der Waals surface area contributed by atoms with Crippen LogP contribution in [0.4, 0.5) is 5.69 Å². The van der Waals surface area contributed by atoms with Crippen molar-refractivity contribution in [3.8, 4) is 5.75 Å². The van der Waals surface area contributed by atoms with Crippen LogP contribution in [0.25, 0.3) is 0 Å². The number of hydrogen-bond acceptors (Lipinski definition) is 4. The summed E-state index contributed by atoms with van der Waals surface area (Å²) in [6, 6.07) is 14.8. The fraction of sp³-hybridized carbons (Fsp3) is 0.308. The van der Waals surface area contributed by atoms with Crippen LogP contribution in [-0.2, 0) is 4.79 Å². The summed E-state index contributed by atoms with van der Waals surface area (Å²) in [5.74, 6) is 1.74. The van der Waals surface area contributed by atoms with Gasteiger partial charge in [0.25, 0.3) is 5.56 Å². The molecule has 0 saturated heterocycles. The second-order valence-electron chi connectivity index (χ2n) is 8.88. The quantitative estimate of drug-likeness (QED) is 0.608. The zero-order chi connectivity index (χ0) is 22.0. The van der Waals surface area contributed by atoms with E-state index in [1.807, 2.05) is 36.4 Å². The first-order valence-corrected chi connectivity index (χ1v) is 12.1. The summed E-state index contributed by atoms with van der Waals surface area (Å²) in [6.45, 7) is 4.20. The lowest BCUT2D eigenvalue weighted by atomic mass is 9.88. The summed E-state index contributed by atoms with van der Waals surface area (Å²) in [5, 5.41) is 3.91. The molecule has 7 rings (SSSR count). The maximum atomic E-state index is 13.4. The van der Waals surface area contributed by atoms with E-state index in [-0.39, 0.29) is 17.6 Å². The van der Waals surface area contributed by atoms with Gasteiger partial charge >= 0.3 is 0 Å². The number of aromatic nitrogens is 1. The monoisotopic (exact) mass is 444 g/mol. The Kier molecular flexibility index (Phi) is 4.47. The highest BCUT2D eigenvalue weighted by molar-refractivity contribution is 7.99. The number of anilines is 1. The maximum absolute atomic E-state index is 13.4. The van der Waals surface area contributed by atoms with Gasteiger partial charge in [0.2, 0.25) is 5.91 Å². The number of amides is 1. The number of carbonyl (C=O) groups is 1. The molecule has 2 unspecified atom stereocenters. The molecule has 1 N–H and O–H groups in total. The Hall–Kier alpha value is -2.99. The zero-order valence-corrected chi connectivity index (χ0v) is 18.9. The average molecular weight is 445 g/mol. The number of thioether (sulfide) groups is 1. The molecule has 1 aromatic heterocycles. The number of nitrogens with zero attached hydrogens (tertiary/aromatic N) is 1.